The molecule has 1 heterocycles. The molecule has 2 atom stereocenters. The zero-order valence-electron chi connectivity index (χ0n) is 18.1. The van der Waals surface area contributed by atoms with Crippen LogP contribution in [0.15, 0.2) is 54.7 Å². The van der Waals surface area contributed by atoms with E-state index in [0.717, 1.165) is 11.3 Å². The van der Waals surface area contributed by atoms with Gasteiger partial charge >= 0.3 is 6.03 Å². The van der Waals surface area contributed by atoms with Gasteiger partial charge in [-0.1, -0.05) is 43.3 Å². The highest BCUT2D eigenvalue weighted by Gasteiger charge is 2.44. The van der Waals surface area contributed by atoms with E-state index in [1.165, 1.54) is 0 Å². The number of amides is 4. The van der Waals surface area contributed by atoms with Crippen molar-refractivity contribution in [3.05, 3.63) is 66.0 Å². The van der Waals surface area contributed by atoms with Gasteiger partial charge in [0.2, 0.25) is 11.8 Å². The summed E-state index contributed by atoms with van der Waals surface area (Å²) in [5.74, 6) is -0.928. The number of carbonyl (C=O) groups excluding carboxylic acids is 3. The third kappa shape index (κ3) is 7.09. The van der Waals surface area contributed by atoms with Crippen LogP contribution in [0.5, 0.6) is 0 Å². The molecule has 5 N–H and O–H groups in total. The van der Waals surface area contributed by atoms with Crippen molar-refractivity contribution < 1.29 is 14.4 Å². The summed E-state index contributed by atoms with van der Waals surface area (Å²) in [6.07, 6.45) is 3.24. The minimum absolute atomic E-state index is 0.227. The summed E-state index contributed by atoms with van der Waals surface area (Å²) in [7, 11) is 0. The van der Waals surface area contributed by atoms with E-state index in [0.29, 0.717) is 19.4 Å². The summed E-state index contributed by atoms with van der Waals surface area (Å²) < 4.78 is 0. The van der Waals surface area contributed by atoms with Crippen LogP contribution in [0.3, 0.4) is 0 Å². The van der Waals surface area contributed by atoms with Crippen LogP contribution in [0.1, 0.15) is 37.9 Å². The van der Waals surface area contributed by atoms with Crippen LogP contribution in [0, 0.1) is 0 Å². The molecule has 0 bridgehead atoms. The Balaban J connectivity index is 2.12. The fourth-order valence-corrected chi connectivity index (χ4v) is 3.34. The quantitative estimate of drug-likeness (QED) is 0.437. The topological polar surface area (TPSA) is 126 Å². The summed E-state index contributed by atoms with van der Waals surface area (Å²) >= 11 is 0. The molecule has 0 fully saturated rings. The number of hydrogen-bond acceptors (Lipinski definition) is 4. The zero-order valence-corrected chi connectivity index (χ0v) is 18.1. The average Bonchev–Trinajstić information content (AvgIpc) is 2.77. The Hall–Kier alpha value is -3.42. The number of nitrogens with two attached hydrogens (primary N) is 1. The van der Waals surface area contributed by atoms with Gasteiger partial charge in [-0.3, -0.25) is 14.6 Å². The largest absolute Gasteiger partial charge is 0.368 e. The molecule has 0 aliphatic carbocycles. The molecule has 0 aliphatic rings. The smallest absolute Gasteiger partial charge is 0.315 e. The van der Waals surface area contributed by atoms with Crippen molar-refractivity contribution in [3.8, 4) is 0 Å². The molecule has 2 aromatic rings. The second kappa shape index (κ2) is 11.7. The lowest BCUT2D eigenvalue weighted by molar-refractivity contribution is -0.127. The van der Waals surface area contributed by atoms with E-state index in [2.05, 4.69) is 20.9 Å². The third-order valence-electron chi connectivity index (χ3n) is 5.26. The van der Waals surface area contributed by atoms with Gasteiger partial charge in [-0.05, 0) is 37.5 Å². The number of hydrogen-bond donors (Lipinski definition) is 4. The maximum atomic E-state index is 12.7. The van der Waals surface area contributed by atoms with Gasteiger partial charge in [0.05, 0.1) is 6.04 Å². The van der Waals surface area contributed by atoms with Crippen LogP contribution >= 0.6 is 0 Å². The lowest BCUT2D eigenvalue weighted by Crippen LogP contribution is -2.69. The summed E-state index contributed by atoms with van der Waals surface area (Å²) in [6, 6.07) is 13.9. The normalized spacial score (nSPS) is 13.5. The van der Waals surface area contributed by atoms with Crippen LogP contribution < -0.4 is 21.7 Å². The van der Waals surface area contributed by atoms with Crippen LogP contribution in [0.2, 0.25) is 0 Å². The minimum atomic E-state index is -1.45. The predicted octanol–water partition coefficient (Wildman–Crippen LogP) is 1.69. The Kier molecular flexibility index (Phi) is 8.99. The van der Waals surface area contributed by atoms with Crippen LogP contribution in [0.4, 0.5) is 4.79 Å². The fraction of sp³-hybridized carbons (Fsp3) is 0.391. The maximum Gasteiger partial charge on any atom is 0.315 e. The van der Waals surface area contributed by atoms with Crippen molar-refractivity contribution >= 4 is 17.8 Å². The number of benzene rings is 1. The minimum Gasteiger partial charge on any atom is -0.368 e. The van der Waals surface area contributed by atoms with Gasteiger partial charge in [-0.25, -0.2) is 4.79 Å². The molecule has 1 aromatic carbocycles. The molecule has 0 saturated carbocycles. The van der Waals surface area contributed by atoms with E-state index < -0.39 is 23.5 Å². The van der Waals surface area contributed by atoms with Gasteiger partial charge in [0.25, 0.3) is 0 Å². The number of nitrogens with zero attached hydrogens (tertiary/aromatic N) is 1. The van der Waals surface area contributed by atoms with Crippen LogP contribution in [0.25, 0.3) is 0 Å². The number of pyridine rings is 1. The number of urea groups is 1. The van der Waals surface area contributed by atoms with Gasteiger partial charge in [0, 0.05) is 31.3 Å². The first-order chi connectivity index (χ1) is 14.9. The molecule has 2 unspecified atom stereocenters. The molecular formula is C23H31N5O3. The van der Waals surface area contributed by atoms with Crippen molar-refractivity contribution in [2.45, 2.75) is 51.1 Å². The molecule has 0 saturated heterocycles. The number of nitrogens with one attached hydrogen (secondary N) is 3. The Labute approximate surface area is 183 Å². The van der Waals surface area contributed by atoms with E-state index in [9.17, 15) is 14.4 Å². The lowest BCUT2D eigenvalue weighted by atomic mass is 9.83. The number of primary amides is 1. The Bertz CT molecular complexity index is 860. The molecule has 1 aromatic heterocycles. The third-order valence-corrected chi connectivity index (χ3v) is 5.26. The molecule has 166 valence electrons. The standard InChI is InChI=1S/C23H31N5O3/c1-3-20(29)27-17(2)23(21(24)30,14-12-18-9-5-4-6-10-18)28-22(31)26-16-13-19-11-7-8-15-25-19/h4-11,15,17H,3,12-14,16H2,1-2H3,(H2,24,30)(H,27,29)(H2,26,28,31). The Morgan fingerprint density at radius 1 is 1.06 bits per heavy atom. The van der Waals surface area contributed by atoms with E-state index in [1.807, 2.05) is 48.5 Å². The van der Waals surface area contributed by atoms with Gasteiger partial charge in [0.15, 0.2) is 0 Å². The van der Waals surface area contributed by atoms with Crippen molar-refractivity contribution in [1.29, 1.82) is 0 Å². The first-order valence-electron chi connectivity index (χ1n) is 10.5. The van der Waals surface area contributed by atoms with Crippen molar-refractivity contribution in [2.24, 2.45) is 5.73 Å². The summed E-state index contributed by atoms with van der Waals surface area (Å²) in [4.78, 5) is 41.5. The number of rotatable bonds is 11. The van der Waals surface area contributed by atoms with E-state index in [-0.39, 0.29) is 18.7 Å². The van der Waals surface area contributed by atoms with E-state index in [1.54, 1.807) is 20.0 Å². The summed E-state index contributed by atoms with van der Waals surface area (Å²) in [5, 5.41) is 8.29. The SMILES string of the molecule is CCC(=O)NC(C)C(CCc1ccccc1)(NC(=O)NCCc1ccccn1)C(N)=O. The Morgan fingerprint density at radius 2 is 1.77 bits per heavy atom. The highest BCUT2D eigenvalue weighted by atomic mass is 16.2. The van der Waals surface area contributed by atoms with Gasteiger partial charge in [0.1, 0.15) is 5.54 Å². The van der Waals surface area contributed by atoms with Crippen molar-refractivity contribution in [3.63, 3.8) is 0 Å². The summed E-state index contributed by atoms with van der Waals surface area (Å²) in [5.41, 5.74) is 6.17. The van der Waals surface area contributed by atoms with Crippen LogP contribution in [-0.2, 0) is 22.4 Å². The maximum absolute atomic E-state index is 12.7. The molecule has 4 amide bonds. The molecule has 0 spiro atoms. The highest BCUT2D eigenvalue weighted by molar-refractivity contribution is 5.91. The van der Waals surface area contributed by atoms with Gasteiger partial charge in [-0.2, -0.15) is 0 Å². The van der Waals surface area contributed by atoms with Crippen molar-refractivity contribution in [1.82, 2.24) is 20.9 Å². The molecule has 0 aliphatic heterocycles. The van der Waals surface area contributed by atoms with E-state index >= 15 is 0 Å². The number of aryl methyl sites for hydroxylation is 1. The molecule has 8 heteroatoms. The molecule has 8 nitrogen and oxygen atoms in total. The first-order valence-corrected chi connectivity index (χ1v) is 10.5. The van der Waals surface area contributed by atoms with Crippen LogP contribution in [-0.4, -0.2) is 41.0 Å². The van der Waals surface area contributed by atoms with Crippen molar-refractivity contribution in [2.75, 3.05) is 6.54 Å². The predicted molar refractivity (Wildman–Crippen MR) is 119 cm³/mol. The summed E-state index contributed by atoms with van der Waals surface area (Å²) in [6.45, 7) is 3.74. The molecule has 2 rings (SSSR count). The average molecular weight is 426 g/mol. The Morgan fingerprint density at radius 3 is 2.39 bits per heavy atom. The molecular weight excluding hydrogens is 394 g/mol. The highest BCUT2D eigenvalue weighted by Crippen LogP contribution is 2.20. The zero-order chi connectivity index (χ0) is 22.7. The lowest BCUT2D eigenvalue weighted by Gasteiger charge is -2.37. The molecule has 31 heavy (non-hydrogen) atoms. The fourth-order valence-electron chi connectivity index (χ4n) is 3.34. The van der Waals surface area contributed by atoms with Gasteiger partial charge in [-0.15, -0.1) is 0 Å². The van der Waals surface area contributed by atoms with E-state index in [4.69, 9.17) is 5.73 Å². The number of carbonyl (C=O) groups is 3. The van der Waals surface area contributed by atoms with Gasteiger partial charge < -0.3 is 21.7 Å². The first kappa shape index (κ1) is 23.9. The molecule has 0 radical (unpaired) electrons. The second-order valence-corrected chi connectivity index (χ2v) is 7.42. The number of aromatic nitrogens is 1. The monoisotopic (exact) mass is 425 g/mol. The second-order valence-electron chi connectivity index (χ2n) is 7.42.